The molecule has 0 aliphatic rings. The van der Waals surface area contributed by atoms with E-state index in [0.717, 1.165) is 78.9 Å². The molecule has 6 amide bonds. The van der Waals surface area contributed by atoms with Gasteiger partial charge in [-0.3, -0.25) is 9.59 Å². The molecule has 0 saturated heterocycles. The Balaban J connectivity index is 0.000000221. The van der Waals surface area contributed by atoms with E-state index in [0.29, 0.717) is 21.9 Å². The van der Waals surface area contributed by atoms with Gasteiger partial charge in [0, 0.05) is 23.3 Å². The third kappa shape index (κ3) is 8.49. The molecule has 12 nitrogen and oxygen atoms in total. The number of primary amides is 4. The summed E-state index contributed by atoms with van der Waals surface area (Å²) in [7, 11) is 0. The SMILES string of the molecule is NC(=O)c1ccc(-c2ccc(F)cc2F)nc1N(C(N)=O)c1c(F)cccc1F.NC(=O)c1ccc(N(C(N)=O)c2c(F)cccc2F)nc1-c1ccc(F)cc1F. The van der Waals surface area contributed by atoms with Crippen LogP contribution in [0, 0.1) is 46.5 Å². The lowest BCUT2D eigenvalue weighted by Gasteiger charge is -2.23. The first-order chi connectivity index (χ1) is 27.4. The van der Waals surface area contributed by atoms with Crippen LogP contribution in [-0.2, 0) is 0 Å². The number of nitrogens with two attached hydrogens (primary N) is 4. The van der Waals surface area contributed by atoms with Crippen molar-refractivity contribution in [3.8, 4) is 22.5 Å². The Bertz CT molecular complexity index is 2590. The van der Waals surface area contributed by atoms with Crippen LogP contribution in [-0.4, -0.2) is 33.8 Å². The monoisotopic (exact) mass is 808 g/mol. The van der Waals surface area contributed by atoms with Crippen LogP contribution in [0.25, 0.3) is 22.5 Å². The van der Waals surface area contributed by atoms with Gasteiger partial charge in [-0.25, -0.2) is 64.5 Å². The first-order valence-electron chi connectivity index (χ1n) is 16.0. The van der Waals surface area contributed by atoms with Crippen LogP contribution >= 0.6 is 0 Å². The summed E-state index contributed by atoms with van der Waals surface area (Å²) >= 11 is 0. The number of hydrogen-bond acceptors (Lipinski definition) is 6. The van der Waals surface area contributed by atoms with E-state index in [2.05, 4.69) is 9.97 Å². The van der Waals surface area contributed by atoms with Crippen LogP contribution in [0.2, 0.25) is 0 Å². The number of amides is 6. The van der Waals surface area contributed by atoms with Crippen molar-refractivity contribution >= 4 is 46.9 Å². The minimum atomic E-state index is -1.37. The van der Waals surface area contributed by atoms with Crippen molar-refractivity contribution in [2.75, 3.05) is 9.80 Å². The highest BCUT2D eigenvalue weighted by Gasteiger charge is 2.29. The molecule has 2 heterocycles. The molecule has 0 radical (unpaired) electrons. The zero-order chi connectivity index (χ0) is 42.6. The molecule has 8 N–H and O–H groups in total. The molecule has 0 saturated carbocycles. The summed E-state index contributed by atoms with van der Waals surface area (Å²) in [4.78, 5) is 56.2. The summed E-state index contributed by atoms with van der Waals surface area (Å²) in [5, 5.41) is 0. The number of carbonyl (C=O) groups excluding carboxylic acids is 4. The predicted molar refractivity (Wildman–Crippen MR) is 192 cm³/mol. The van der Waals surface area contributed by atoms with E-state index in [-0.39, 0.29) is 28.1 Å². The third-order valence-corrected chi connectivity index (χ3v) is 7.88. The van der Waals surface area contributed by atoms with Gasteiger partial charge in [0.15, 0.2) is 5.82 Å². The number of nitrogens with zero attached hydrogens (tertiary/aromatic N) is 4. The lowest BCUT2D eigenvalue weighted by atomic mass is 10.0. The smallest absolute Gasteiger partial charge is 0.325 e. The second kappa shape index (κ2) is 16.9. The van der Waals surface area contributed by atoms with Gasteiger partial charge in [-0.1, -0.05) is 12.1 Å². The van der Waals surface area contributed by atoms with Gasteiger partial charge < -0.3 is 22.9 Å². The molecule has 58 heavy (non-hydrogen) atoms. The Hall–Kier alpha value is -7.90. The molecule has 6 aromatic rings. The summed E-state index contributed by atoms with van der Waals surface area (Å²) in [6, 6.07) is 12.5. The van der Waals surface area contributed by atoms with Crippen LogP contribution in [0.4, 0.5) is 67.7 Å². The Labute approximate surface area is 320 Å². The lowest BCUT2D eigenvalue weighted by molar-refractivity contribution is 0.0992. The second-order valence-electron chi connectivity index (χ2n) is 11.6. The molecular formula is C38H24F8N8O4. The summed E-state index contributed by atoms with van der Waals surface area (Å²) in [6.07, 6.45) is 0. The molecule has 4 aromatic carbocycles. The van der Waals surface area contributed by atoms with Gasteiger partial charge in [0.25, 0.3) is 11.8 Å². The topological polar surface area (TPSA) is 205 Å². The highest BCUT2D eigenvalue weighted by molar-refractivity contribution is 6.06. The van der Waals surface area contributed by atoms with Gasteiger partial charge in [0.1, 0.15) is 63.7 Å². The zero-order valence-electron chi connectivity index (χ0n) is 29.0. The minimum absolute atomic E-state index is 0.162. The van der Waals surface area contributed by atoms with Crippen molar-refractivity contribution in [2.45, 2.75) is 0 Å². The van der Waals surface area contributed by atoms with Crippen molar-refractivity contribution < 1.29 is 54.3 Å². The van der Waals surface area contributed by atoms with E-state index >= 15 is 0 Å². The molecule has 20 heteroatoms. The molecule has 0 unspecified atom stereocenters. The Kier molecular flexibility index (Phi) is 12.0. The molecule has 2 aromatic heterocycles. The number of para-hydroxylation sites is 2. The molecular weight excluding hydrogens is 784 g/mol. The number of anilines is 4. The van der Waals surface area contributed by atoms with Crippen LogP contribution in [0.1, 0.15) is 20.7 Å². The fourth-order valence-electron chi connectivity index (χ4n) is 5.38. The van der Waals surface area contributed by atoms with E-state index in [9.17, 15) is 54.3 Å². The van der Waals surface area contributed by atoms with Crippen LogP contribution in [0.5, 0.6) is 0 Å². The number of halogens is 8. The van der Waals surface area contributed by atoms with Crippen molar-refractivity contribution in [1.29, 1.82) is 0 Å². The average Bonchev–Trinajstić information content (AvgIpc) is 3.14. The molecule has 6 rings (SSSR count). The summed E-state index contributed by atoms with van der Waals surface area (Å²) in [5.74, 6) is -11.4. The number of urea groups is 2. The van der Waals surface area contributed by atoms with Gasteiger partial charge in [-0.2, -0.15) is 0 Å². The van der Waals surface area contributed by atoms with Gasteiger partial charge in [0.2, 0.25) is 0 Å². The first kappa shape index (κ1) is 41.3. The third-order valence-electron chi connectivity index (χ3n) is 7.88. The van der Waals surface area contributed by atoms with Crippen molar-refractivity contribution in [1.82, 2.24) is 9.97 Å². The highest BCUT2D eigenvalue weighted by Crippen LogP contribution is 2.35. The molecule has 0 atom stereocenters. The zero-order valence-corrected chi connectivity index (χ0v) is 29.0. The van der Waals surface area contributed by atoms with Gasteiger partial charge in [0.05, 0.1) is 22.5 Å². The van der Waals surface area contributed by atoms with Gasteiger partial charge >= 0.3 is 12.1 Å². The number of pyridine rings is 2. The fraction of sp³-hybridized carbons (Fsp3) is 0. The number of benzene rings is 4. The summed E-state index contributed by atoms with van der Waals surface area (Å²) in [6.45, 7) is 0. The van der Waals surface area contributed by atoms with E-state index in [1.807, 2.05) is 0 Å². The van der Waals surface area contributed by atoms with Gasteiger partial charge in [-0.15, -0.1) is 0 Å². The quantitative estimate of drug-likeness (QED) is 0.117. The molecule has 296 valence electrons. The average molecular weight is 809 g/mol. The van der Waals surface area contributed by atoms with Crippen LogP contribution in [0.15, 0.2) is 97.1 Å². The summed E-state index contributed by atoms with van der Waals surface area (Å²) in [5.41, 5.74) is 17.7. The standard InChI is InChI=1S/2C19H12F4N4O2/c20-9-4-5-10(14(23)8-9)16-11(18(24)28)6-7-15(26-16)27(19(25)29)17-12(21)2-1-3-13(17)22;20-9-4-5-10(14(23)8-9)15-7-6-11(17(24)28)18(26-15)27(19(25)29)16-12(21)2-1-3-13(16)22/h2*1-8H,(H2,24,28)(H2,25,29). The van der Waals surface area contributed by atoms with Crippen LogP contribution < -0.4 is 32.7 Å². The maximum absolute atomic E-state index is 14.3. The number of carbonyl (C=O) groups is 4. The molecule has 0 bridgehead atoms. The number of rotatable bonds is 8. The Morgan fingerprint density at radius 2 is 0.914 bits per heavy atom. The highest BCUT2D eigenvalue weighted by atomic mass is 19.2. The van der Waals surface area contributed by atoms with Crippen molar-refractivity contribution in [3.63, 3.8) is 0 Å². The van der Waals surface area contributed by atoms with Crippen LogP contribution in [0.3, 0.4) is 0 Å². The molecule has 0 fully saturated rings. The van der Waals surface area contributed by atoms with Gasteiger partial charge in [-0.05, 0) is 72.8 Å². The number of hydrogen-bond donors (Lipinski definition) is 4. The molecule has 0 aliphatic carbocycles. The maximum atomic E-state index is 14.3. The lowest BCUT2D eigenvalue weighted by Crippen LogP contribution is -2.35. The Morgan fingerprint density at radius 1 is 0.466 bits per heavy atom. The number of aromatic nitrogens is 2. The van der Waals surface area contributed by atoms with E-state index in [1.54, 1.807) is 0 Å². The van der Waals surface area contributed by atoms with E-state index in [4.69, 9.17) is 22.9 Å². The minimum Gasteiger partial charge on any atom is -0.366 e. The summed E-state index contributed by atoms with van der Waals surface area (Å²) < 4.78 is 112. The molecule has 0 aliphatic heterocycles. The molecule has 0 spiro atoms. The van der Waals surface area contributed by atoms with E-state index in [1.165, 1.54) is 6.07 Å². The second-order valence-corrected chi connectivity index (χ2v) is 11.6. The first-order valence-corrected chi connectivity index (χ1v) is 16.0. The Morgan fingerprint density at radius 3 is 1.36 bits per heavy atom. The fourth-order valence-corrected chi connectivity index (χ4v) is 5.38. The van der Waals surface area contributed by atoms with E-state index < -0.39 is 99.0 Å². The predicted octanol–water partition coefficient (Wildman–Crippen LogP) is 7.24. The maximum Gasteiger partial charge on any atom is 0.325 e. The van der Waals surface area contributed by atoms with Crippen molar-refractivity contribution in [2.24, 2.45) is 22.9 Å². The van der Waals surface area contributed by atoms with Crippen molar-refractivity contribution in [3.05, 3.63) is 155 Å². The largest absolute Gasteiger partial charge is 0.366 e. The normalized spacial score (nSPS) is 10.6.